The molecule has 1 fully saturated rings. The van der Waals surface area contributed by atoms with Gasteiger partial charge in [-0.3, -0.25) is 0 Å². The molecular formula is C15H19F3O3S. The zero-order chi connectivity index (χ0) is 16.8. The van der Waals surface area contributed by atoms with Gasteiger partial charge in [-0.25, -0.2) is 0 Å². The third-order valence-corrected chi connectivity index (χ3v) is 5.52. The molecule has 0 heterocycles. The molecule has 0 saturated heterocycles. The third-order valence-electron chi connectivity index (χ3n) is 4.53. The van der Waals surface area contributed by atoms with Crippen molar-refractivity contribution in [3.05, 3.63) is 35.6 Å². The van der Waals surface area contributed by atoms with Crippen LogP contribution in [0.1, 0.15) is 45.4 Å². The molecular weight excluding hydrogens is 317 g/mol. The first-order chi connectivity index (χ1) is 10.0. The number of rotatable bonds is 4. The van der Waals surface area contributed by atoms with Gasteiger partial charge in [0.25, 0.3) is 0 Å². The molecule has 2 aliphatic rings. The van der Waals surface area contributed by atoms with Crippen molar-refractivity contribution in [3.63, 3.8) is 0 Å². The minimum atomic E-state index is -5.69. The highest BCUT2D eigenvalue weighted by Crippen LogP contribution is 2.57. The summed E-state index contributed by atoms with van der Waals surface area (Å²) in [7, 11) is -5.69. The lowest BCUT2D eigenvalue weighted by Crippen LogP contribution is -2.27. The van der Waals surface area contributed by atoms with Crippen molar-refractivity contribution in [1.29, 1.82) is 0 Å². The molecule has 7 heteroatoms. The number of allylic oxidation sites excluding steroid dienone is 3. The first-order valence-electron chi connectivity index (χ1n) is 7.10. The van der Waals surface area contributed by atoms with Gasteiger partial charge in [-0.15, -0.1) is 0 Å². The number of hydrogen-bond donors (Lipinski definition) is 0. The Morgan fingerprint density at radius 1 is 1.18 bits per heavy atom. The summed E-state index contributed by atoms with van der Waals surface area (Å²) in [4.78, 5) is 0. The predicted molar refractivity (Wildman–Crippen MR) is 77.2 cm³/mol. The predicted octanol–water partition coefficient (Wildman–Crippen LogP) is 4.59. The van der Waals surface area contributed by atoms with Gasteiger partial charge in [0.15, 0.2) is 0 Å². The maximum Gasteiger partial charge on any atom is 0.534 e. The van der Waals surface area contributed by atoms with E-state index in [1.54, 1.807) is 6.92 Å². The highest BCUT2D eigenvalue weighted by molar-refractivity contribution is 7.87. The smallest absolute Gasteiger partial charge is 0.376 e. The van der Waals surface area contributed by atoms with Gasteiger partial charge in [0, 0.05) is 5.57 Å². The van der Waals surface area contributed by atoms with E-state index in [1.165, 1.54) is 0 Å². The zero-order valence-corrected chi connectivity index (χ0v) is 13.2. The molecule has 2 aliphatic carbocycles. The van der Waals surface area contributed by atoms with Crippen molar-refractivity contribution < 1.29 is 25.8 Å². The first kappa shape index (κ1) is 17.1. The second kappa shape index (κ2) is 5.44. The largest absolute Gasteiger partial charge is 0.534 e. The number of alkyl halides is 3. The van der Waals surface area contributed by atoms with E-state index in [0.717, 1.165) is 37.7 Å². The van der Waals surface area contributed by atoms with E-state index in [1.807, 2.05) is 0 Å². The van der Waals surface area contributed by atoms with E-state index in [2.05, 4.69) is 17.3 Å². The van der Waals surface area contributed by atoms with Crippen LogP contribution in [0.5, 0.6) is 0 Å². The molecule has 0 amide bonds. The number of hydrogen-bond acceptors (Lipinski definition) is 3. The fourth-order valence-electron chi connectivity index (χ4n) is 3.60. The molecule has 22 heavy (non-hydrogen) atoms. The van der Waals surface area contributed by atoms with Gasteiger partial charge in [-0.05, 0) is 43.6 Å². The lowest BCUT2D eigenvalue weighted by atomic mass is 9.78. The second-order valence-corrected chi connectivity index (χ2v) is 7.57. The highest BCUT2D eigenvalue weighted by atomic mass is 32.2. The third kappa shape index (κ3) is 2.83. The van der Waals surface area contributed by atoms with Gasteiger partial charge in [0.1, 0.15) is 5.76 Å². The van der Waals surface area contributed by atoms with Crippen LogP contribution in [-0.4, -0.2) is 13.9 Å². The quantitative estimate of drug-likeness (QED) is 0.428. The minimum absolute atomic E-state index is 0.313. The molecule has 0 unspecified atom stereocenters. The summed E-state index contributed by atoms with van der Waals surface area (Å²) in [6, 6.07) is 0. The Morgan fingerprint density at radius 3 is 2.18 bits per heavy atom. The van der Waals surface area contributed by atoms with Gasteiger partial charge >= 0.3 is 15.6 Å². The molecule has 0 radical (unpaired) electrons. The zero-order valence-electron chi connectivity index (χ0n) is 12.4. The maximum atomic E-state index is 12.5. The SMILES string of the molecule is C=C(C)C1=C(C(=C)OS(=O)(=O)C(F)(F)F)C2(CCCC2)CC1. The van der Waals surface area contributed by atoms with Crippen molar-refractivity contribution in [2.45, 2.75) is 51.0 Å². The van der Waals surface area contributed by atoms with Crippen LogP contribution in [0.4, 0.5) is 13.2 Å². The van der Waals surface area contributed by atoms with Gasteiger partial charge in [0.2, 0.25) is 0 Å². The molecule has 0 aromatic carbocycles. The average Bonchev–Trinajstić information content (AvgIpc) is 2.95. The second-order valence-electron chi connectivity index (χ2n) is 6.03. The standard InChI is InChI=1S/C15H19F3O3S/c1-10(2)12-6-9-14(7-4-5-8-14)13(12)11(3)21-22(19,20)15(16,17)18/h1,3-9H2,2H3. The van der Waals surface area contributed by atoms with E-state index in [9.17, 15) is 21.6 Å². The van der Waals surface area contributed by atoms with Gasteiger partial charge in [0.05, 0.1) is 0 Å². The van der Waals surface area contributed by atoms with Crippen LogP contribution in [0, 0.1) is 5.41 Å². The van der Waals surface area contributed by atoms with Crippen LogP contribution in [0.3, 0.4) is 0 Å². The molecule has 2 rings (SSSR count). The summed E-state index contributed by atoms with van der Waals surface area (Å²) in [5.74, 6) is -0.408. The molecule has 0 aromatic rings. The lowest BCUT2D eigenvalue weighted by molar-refractivity contribution is -0.0521. The Bertz CT molecular complexity index is 635. The van der Waals surface area contributed by atoms with E-state index in [-0.39, 0.29) is 5.41 Å². The fourth-order valence-corrected chi connectivity index (χ4v) is 4.04. The molecule has 0 aromatic heterocycles. The van der Waals surface area contributed by atoms with Crippen molar-refractivity contribution >= 4 is 10.1 Å². The minimum Gasteiger partial charge on any atom is -0.376 e. The van der Waals surface area contributed by atoms with E-state index >= 15 is 0 Å². The topological polar surface area (TPSA) is 43.4 Å². The molecule has 1 spiro atoms. The summed E-state index contributed by atoms with van der Waals surface area (Å²) < 4.78 is 64.4. The summed E-state index contributed by atoms with van der Waals surface area (Å²) in [5, 5.41) is 0. The Labute approximate surface area is 128 Å². The van der Waals surface area contributed by atoms with Gasteiger partial charge in [-0.2, -0.15) is 21.6 Å². The molecule has 3 nitrogen and oxygen atoms in total. The van der Waals surface area contributed by atoms with Crippen LogP contribution in [0.15, 0.2) is 35.6 Å². The van der Waals surface area contributed by atoms with Gasteiger partial charge < -0.3 is 4.18 Å². The highest BCUT2D eigenvalue weighted by Gasteiger charge is 2.51. The Balaban J connectivity index is 2.40. The Hall–Kier alpha value is -1.24. The fraction of sp³-hybridized carbons (Fsp3) is 0.600. The van der Waals surface area contributed by atoms with E-state index in [0.29, 0.717) is 17.6 Å². The van der Waals surface area contributed by atoms with Crippen molar-refractivity contribution in [1.82, 2.24) is 0 Å². The summed E-state index contributed by atoms with van der Waals surface area (Å²) in [6.07, 6.45) is 5.00. The van der Waals surface area contributed by atoms with E-state index < -0.39 is 21.4 Å². The van der Waals surface area contributed by atoms with Crippen LogP contribution >= 0.6 is 0 Å². The summed E-state index contributed by atoms with van der Waals surface area (Å²) in [6.45, 7) is 9.09. The number of halogens is 3. The summed E-state index contributed by atoms with van der Waals surface area (Å²) >= 11 is 0. The first-order valence-corrected chi connectivity index (χ1v) is 8.50. The summed E-state index contributed by atoms with van der Waals surface area (Å²) in [5.41, 5.74) is -3.75. The average molecular weight is 336 g/mol. The lowest BCUT2D eigenvalue weighted by Gasteiger charge is -2.28. The van der Waals surface area contributed by atoms with Crippen molar-refractivity contribution in [3.8, 4) is 0 Å². The molecule has 0 N–H and O–H groups in total. The molecule has 124 valence electrons. The molecule has 0 atom stereocenters. The van der Waals surface area contributed by atoms with Gasteiger partial charge in [-0.1, -0.05) is 31.6 Å². The van der Waals surface area contributed by atoms with Crippen molar-refractivity contribution in [2.75, 3.05) is 0 Å². The van der Waals surface area contributed by atoms with Crippen molar-refractivity contribution in [2.24, 2.45) is 5.41 Å². The molecule has 0 bridgehead atoms. The van der Waals surface area contributed by atoms with E-state index in [4.69, 9.17) is 0 Å². The van der Waals surface area contributed by atoms with Crippen LogP contribution in [-0.2, 0) is 14.3 Å². The molecule has 0 aliphatic heterocycles. The molecule has 1 saturated carbocycles. The monoisotopic (exact) mass is 336 g/mol. The van der Waals surface area contributed by atoms with Crippen LogP contribution in [0.2, 0.25) is 0 Å². The maximum absolute atomic E-state index is 12.5. The normalized spacial score (nSPS) is 21.5. The van der Waals surface area contributed by atoms with Crippen LogP contribution in [0.25, 0.3) is 0 Å². The Kier molecular flexibility index (Phi) is 4.23. The Morgan fingerprint density at radius 2 is 1.73 bits per heavy atom. The van der Waals surface area contributed by atoms with Crippen LogP contribution < -0.4 is 0 Å².